The molecule has 1 saturated heterocycles. The summed E-state index contributed by atoms with van der Waals surface area (Å²) in [5.41, 5.74) is 0. The van der Waals surface area contributed by atoms with Crippen molar-refractivity contribution in [2.75, 3.05) is 32.7 Å². The van der Waals surface area contributed by atoms with E-state index in [1.165, 1.54) is 17.1 Å². The molecular formula is C12H27N3O2S. The molecule has 0 amide bonds. The molecule has 1 aliphatic rings. The van der Waals surface area contributed by atoms with E-state index in [-0.39, 0.29) is 0 Å². The second kappa shape index (κ2) is 8.09. The molecule has 1 atom stereocenters. The van der Waals surface area contributed by atoms with E-state index in [1.807, 2.05) is 0 Å². The highest BCUT2D eigenvalue weighted by molar-refractivity contribution is 7.87. The Labute approximate surface area is 112 Å². The van der Waals surface area contributed by atoms with E-state index in [4.69, 9.17) is 0 Å². The zero-order valence-corrected chi connectivity index (χ0v) is 12.4. The molecule has 108 valence electrons. The SMILES string of the molecule is CCCCC(CC)CNS(=O)(=O)N1CCNCC1. The fourth-order valence-electron chi connectivity index (χ4n) is 2.14. The van der Waals surface area contributed by atoms with Crippen molar-refractivity contribution in [3.63, 3.8) is 0 Å². The lowest BCUT2D eigenvalue weighted by Gasteiger charge is -2.27. The number of piperazine rings is 1. The van der Waals surface area contributed by atoms with E-state index in [2.05, 4.69) is 23.9 Å². The minimum atomic E-state index is -3.27. The van der Waals surface area contributed by atoms with E-state index in [0.717, 1.165) is 25.9 Å². The minimum absolute atomic E-state index is 0.461. The van der Waals surface area contributed by atoms with Gasteiger partial charge in [0.05, 0.1) is 0 Å². The first-order valence-electron chi connectivity index (χ1n) is 7.05. The molecule has 0 aromatic rings. The van der Waals surface area contributed by atoms with E-state index in [1.54, 1.807) is 0 Å². The van der Waals surface area contributed by atoms with Gasteiger partial charge in [-0.15, -0.1) is 0 Å². The predicted molar refractivity (Wildman–Crippen MR) is 74.7 cm³/mol. The van der Waals surface area contributed by atoms with Crippen molar-refractivity contribution in [2.45, 2.75) is 39.5 Å². The van der Waals surface area contributed by atoms with Crippen LogP contribution in [0.1, 0.15) is 39.5 Å². The van der Waals surface area contributed by atoms with Crippen LogP contribution in [0.2, 0.25) is 0 Å². The normalized spacial score (nSPS) is 19.9. The van der Waals surface area contributed by atoms with Gasteiger partial charge in [-0.2, -0.15) is 12.7 Å². The van der Waals surface area contributed by atoms with Gasteiger partial charge in [0.25, 0.3) is 10.2 Å². The van der Waals surface area contributed by atoms with Crippen LogP contribution in [0.4, 0.5) is 0 Å². The zero-order valence-electron chi connectivity index (χ0n) is 11.6. The quantitative estimate of drug-likeness (QED) is 0.694. The lowest BCUT2D eigenvalue weighted by Crippen LogP contribution is -2.51. The van der Waals surface area contributed by atoms with Crippen LogP contribution < -0.4 is 10.0 Å². The fourth-order valence-corrected chi connectivity index (χ4v) is 3.43. The molecule has 0 saturated carbocycles. The first-order valence-corrected chi connectivity index (χ1v) is 8.49. The molecule has 18 heavy (non-hydrogen) atoms. The lowest BCUT2D eigenvalue weighted by molar-refractivity contribution is 0.350. The lowest BCUT2D eigenvalue weighted by atomic mass is 10.00. The second-order valence-electron chi connectivity index (χ2n) is 4.92. The maximum absolute atomic E-state index is 12.1. The molecular weight excluding hydrogens is 250 g/mol. The Bertz CT molecular complexity index is 313. The number of nitrogens with one attached hydrogen (secondary N) is 2. The highest BCUT2D eigenvalue weighted by atomic mass is 32.2. The Hall–Kier alpha value is -0.170. The van der Waals surface area contributed by atoms with Crippen molar-refractivity contribution in [1.82, 2.24) is 14.3 Å². The van der Waals surface area contributed by atoms with Crippen molar-refractivity contribution < 1.29 is 8.42 Å². The van der Waals surface area contributed by atoms with Gasteiger partial charge in [-0.05, 0) is 12.3 Å². The van der Waals surface area contributed by atoms with Crippen LogP contribution in [0.25, 0.3) is 0 Å². The largest absolute Gasteiger partial charge is 0.314 e. The number of hydrogen-bond acceptors (Lipinski definition) is 3. The Kier molecular flexibility index (Phi) is 7.14. The monoisotopic (exact) mass is 277 g/mol. The van der Waals surface area contributed by atoms with Crippen LogP contribution in [0.15, 0.2) is 0 Å². The van der Waals surface area contributed by atoms with Gasteiger partial charge in [-0.1, -0.05) is 33.1 Å². The van der Waals surface area contributed by atoms with Crippen molar-refractivity contribution >= 4 is 10.2 Å². The summed E-state index contributed by atoms with van der Waals surface area (Å²) in [5, 5.41) is 3.16. The van der Waals surface area contributed by atoms with E-state index >= 15 is 0 Å². The number of rotatable bonds is 8. The highest BCUT2D eigenvalue weighted by Crippen LogP contribution is 2.12. The van der Waals surface area contributed by atoms with E-state index in [0.29, 0.717) is 25.6 Å². The Morgan fingerprint density at radius 1 is 1.28 bits per heavy atom. The van der Waals surface area contributed by atoms with Crippen molar-refractivity contribution in [2.24, 2.45) is 5.92 Å². The molecule has 1 rings (SSSR count). The van der Waals surface area contributed by atoms with Gasteiger partial charge in [0, 0.05) is 32.7 Å². The summed E-state index contributed by atoms with van der Waals surface area (Å²) in [6.07, 6.45) is 4.48. The molecule has 1 fully saturated rings. The molecule has 0 radical (unpaired) electrons. The first kappa shape index (κ1) is 15.9. The van der Waals surface area contributed by atoms with Gasteiger partial charge < -0.3 is 5.32 Å². The Morgan fingerprint density at radius 3 is 2.50 bits per heavy atom. The summed E-state index contributed by atoms with van der Waals surface area (Å²) >= 11 is 0. The Morgan fingerprint density at radius 2 is 1.94 bits per heavy atom. The van der Waals surface area contributed by atoms with Crippen LogP contribution in [-0.2, 0) is 10.2 Å². The number of nitrogens with zero attached hydrogens (tertiary/aromatic N) is 1. The maximum Gasteiger partial charge on any atom is 0.279 e. The summed E-state index contributed by atoms with van der Waals surface area (Å²) in [7, 11) is -3.27. The summed E-state index contributed by atoms with van der Waals surface area (Å²) in [4.78, 5) is 0. The summed E-state index contributed by atoms with van der Waals surface area (Å²) in [6.45, 7) is 7.49. The van der Waals surface area contributed by atoms with Crippen molar-refractivity contribution in [3.8, 4) is 0 Å². The average Bonchev–Trinajstić information content (AvgIpc) is 2.40. The summed E-state index contributed by atoms with van der Waals surface area (Å²) in [5.74, 6) is 0.461. The first-order chi connectivity index (χ1) is 8.60. The molecule has 1 unspecified atom stereocenters. The summed E-state index contributed by atoms with van der Waals surface area (Å²) in [6, 6.07) is 0. The van der Waals surface area contributed by atoms with Crippen LogP contribution in [0.5, 0.6) is 0 Å². The number of hydrogen-bond donors (Lipinski definition) is 2. The molecule has 0 aromatic carbocycles. The smallest absolute Gasteiger partial charge is 0.279 e. The van der Waals surface area contributed by atoms with Gasteiger partial charge in [0.2, 0.25) is 0 Å². The second-order valence-corrected chi connectivity index (χ2v) is 6.67. The van der Waals surface area contributed by atoms with Crippen LogP contribution in [-0.4, -0.2) is 45.4 Å². The molecule has 1 aliphatic heterocycles. The van der Waals surface area contributed by atoms with Crippen LogP contribution in [0.3, 0.4) is 0 Å². The summed E-state index contributed by atoms with van der Waals surface area (Å²) < 4.78 is 28.4. The maximum atomic E-state index is 12.1. The van der Waals surface area contributed by atoms with Crippen LogP contribution in [0, 0.1) is 5.92 Å². The number of unbranched alkanes of at least 4 members (excludes halogenated alkanes) is 1. The minimum Gasteiger partial charge on any atom is -0.314 e. The van der Waals surface area contributed by atoms with Gasteiger partial charge in [-0.3, -0.25) is 0 Å². The van der Waals surface area contributed by atoms with Gasteiger partial charge in [0.1, 0.15) is 0 Å². The molecule has 1 heterocycles. The standard InChI is InChI=1S/C12H27N3O2S/c1-3-5-6-12(4-2)11-14-18(16,17)15-9-7-13-8-10-15/h12-14H,3-11H2,1-2H3. The predicted octanol–water partition coefficient (Wildman–Crippen LogP) is 0.942. The molecule has 5 nitrogen and oxygen atoms in total. The molecule has 0 aliphatic carbocycles. The molecule has 0 bridgehead atoms. The zero-order chi connectivity index (χ0) is 13.4. The van der Waals surface area contributed by atoms with Crippen molar-refractivity contribution in [1.29, 1.82) is 0 Å². The van der Waals surface area contributed by atoms with E-state index < -0.39 is 10.2 Å². The van der Waals surface area contributed by atoms with Crippen LogP contribution >= 0.6 is 0 Å². The molecule has 6 heteroatoms. The van der Waals surface area contributed by atoms with E-state index in [9.17, 15) is 8.42 Å². The molecule has 0 spiro atoms. The van der Waals surface area contributed by atoms with Gasteiger partial charge in [0.15, 0.2) is 0 Å². The molecule has 0 aromatic heterocycles. The average molecular weight is 277 g/mol. The Balaban J connectivity index is 2.39. The third-order valence-electron chi connectivity index (χ3n) is 3.51. The topological polar surface area (TPSA) is 61.4 Å². The highest BCUT2D eigenvalue weighted by Gasteiger charge is 2.23. The third kappa shape index (κ3) is 5.22. The fraction of sp³-hybridized carbons (Fsp3) is 1.00. The van der Waals surface area contributed by atoms with Gasteiger partial charge >= 0.3 is 0 Å². The van der Waals surface area contributed by atoms with Gasteiger partial charge in [-0.25, -0.2) is 4.72 Å². The molecule has 2 N–H and O–H groups in total. The van der Waals surface area contributed by atoms with Crippen molar-refractivity contribution in [3.05, 3.63) is 0 Å². The third-order valence-corrected chi connectivity index (χ3v) is 5.09.